The molecule has 0 saturated carbocycles. The van der Waals surface area contributed by atoms with Crippen molar-refractivity contribution in [3.05, 3.63) is 47.5 Å². The average Bonchev–Trinajstić information content (AvgIpc) is 2.47. The van der Waals surface area contributed by atoms with Crippen molar-refractivity contribution in [1.82, 2.24) is 0 Å². The molecule has 0 saturated heterocycles. The Morgan fingerprint density at radius 1 is 1.00 bits per heavy atom. The van der Waals surface area contributed by atoms with Gasteiger partial charge in [-0.2, -0.15) is 0 Å². The summed E-state index contributed by atoms with van der Waals surface area (Å²) in [6, 6.07) is 11.7. The summed E-state index contributed by atoms with van der Waals surface area (Å²) in [5.41, 5.74) is 1.89. The minimum absolute atomic E-state index is 0.0742. The van der Waals surface area contributed by atoms with Gasteiger partial charge in [0.05, 0.1) is 7.11 Å². The number of hydrogen-bond acceptors (Lipinski definition) is 3. The van der Waals surface area contributed by atoms with Crippen molar-refractivity contribution in [1.29, 1.82) is 0 Å². The number of Topliss-reactive ketones (excluding diaryl/α,β-unsaturated/α-hetero) is 1. The second-order valence-electron chi connectivity index (χ2n) is 4.83. The summed E-state index contributed by atoms with van der Waals surface area (Å²) in [7, 11) is 1.36. The number of rotatable bonds is 5. The van der Waals surface area contributed by atoms with Gasteiger partial charge in [0, 0.05) is 18.4 Å². The third kappa shape index (κ3) is 3.05. The highest BCUT2D eigenvalue weighted by molar-refractivity contribution is 6.08. The minimum Gasteiger partial charge on any atom is -0.469 e. The molecule has 0 heterocycles. The second kappa shape index (κ2) is 6.33. The molecule has 0 N–H and O–H groups in total. The summed E-state index contributed by atoms with van der Waals surface area (Å²) in [5.74, 6) is -0.198. The lowest BCUT2D eigenvalue weighted by atomic mass is 9.96. The number of fused-ring (bicyclic) bond motifs is 1. The van der Waals surface area contributed by atoms with Crippen LogP contribution in [0.5, 0.6) is 0 Å². The van der Waals surface area contributed by atoms with Crippen molar-refractivity contribution < 1.29 is 14.3 Å². The molecule has 104 valence electrons. The van der Waals surface area contributed by atoms with Crippen LogP contribution in [-0.4, -0.2) is 18.9 Å². The largest absolute Gasteiger partial charge is 0.469 e. The lowest BCUT2D eigenvalue weighted by molar-refractivity contribution is -0.140. The number of carbonyl (C=O) groups is 2. The molecule has 2 aromatic carbocycles. The van der Waals surface area contributed by atoms with Crippen LogP contribution in [0.15, 0.2) is 36.4 Å². The Labute approximate surface area is 118 Å². The van der Waals surface area contributed by atoms with Crippen molar-refractivity contribution in [2.75, 3.05) is 7.11 Å². The molecule has 3 heteroatoms. The maximum absolute atomic E-state index is 12.3. The number of esters is 1. The first kappa shape index (κ1) is 14.3. The zero-order valence-electron chi connectivity index (χ0n) is 11.8. The molecule has 0 bridgehead atoms. The summed E-state index contributed by atoms with van der Waals surface area (Å²) < 4.78 is 4.57. The molecular formula is C17H18O3. The van der Waals surface area contributed by atoms with Gasteiger partial charge in [0.1, 0.15) is 0 Å². The highest BCUT2D eigenvalue weighted by Crippen LogP contribution is 2.23. The first-order valence-corrected chi connectivity index (χ1v) is 6.72. The van der Waals surface area contributed by atoms with Crippen LogP contribution in [0.25, 0.3) is 10.8 Å². The molecule has 0 spiro atoms. The zero-order valence-corrected chi connectivity index (χ0v) is 11.8. The van der Waals surface area contributed by atoms with Gasteiger partial charge in [-0.25, -0.2) is 0 Å². The molecule has 0 aromatic heterocycles. The monoisotopic (exact) mass is 270 g/mol. The number of methoxy groups -OCH3 is 1. The van der Waals surface area contributed by atoms with Crippen LogP contribution in [0.4, 0.5) is 0 Å². The maximum atomic E-state index is 12.3. The van der Waals surface area contributed by atoms with Gasteiger partial charge in [-0.3, -0.25) is 9.59 Å². The predicted octanol–water partition coefficient (Wildman–Crippen LogP) is 3.67. The first-order valence-electron chi connectivity index (χ1n) is 6.72. The Balaban J connectivity index is 2.18. The molecule has 0 fully saturated rings. The Morgan fingerprint density at radius 3 is 2.40 bits per heavy atom. The lowest BCUT2D eigenvalue weighted by Gasteiger charge is -2.08. The quantitative estimate of drug-likeness (QED) is 0.615. The van der Waals surface area contributed by atoms with E-state index in [2.05, 4.69) is 4.74 Å². The van der Waals surface area contributed by atoms with E-state index >= 15 is 0 Å². The van der Waals surface area contributed by atoms with Crippen LogP contribution in [-0.2, 0) is 9.53 Å². The Morgan fingerprint density at radius 2 is 1.70 bits per heavy atom. The Bertz CT molecular complexity index is 644. The van der Waals surface area contributed by atoms with Crippen LogP contribution < -0.4 is 0 Å². The number of aryl methyl sites for hydroxylation is 1. The first-order chi connectivity index (χ1) is 9.63. The molecule has 0 aliphatic heterocycles. The predicted molar refractivity (Wildman–Crippen MR) is 78.9 cm³/mol. The van der Waals surface area contributed by atoms with Gasteiger partial charge in [0.15, 0.2) is 5.78 Å². The molecule has 3 nitrogen and oxygen atoms in total. The molecular weight excluding hydrogens is 252 g/mol. The van der Waals surface area contributed by atoms with Crippen molar-refractivity contribution in [3.8, 4) is 0 Å². The molecule has 0 unspecified atom stereocenters. The maximum Gasteiger partial charge on any atom is 0.305 e. The SMILES string of the molecule is COC(=O)CCCC(=O)c1ccc(C)c2ccccc12. The van der Waals surface area contributed by atoms with E-state index < -0.39 is 0 Å². The molecule has 0 aliphatic carbocycles. The van der Waals surface area contributed by atoms with Gasteiger partial charge < -0.3 is 4.74 Å². The summed E-state index contributed by atoms with van der Waals surface area (Å²) in [6.45, 7) is 2.04. The molecule has 2 rings (SSSR count). The summed E-state index contributed by atoms with van der Waals surface area (Å²) in [4.78, 5) is 23.3. The van der Waals surface area contributed by atoms with Crippen molar-refractivity contribution in [2.24, 2.45) is 0 Å². The van der Waals surface area contributed by atoms with E-state index in [1.807, 2.05) is 43.3 Å². The van der Waals surface area contributed by atoms with E-state index in [0.29, 0.717) is 12.8 Å². The zero-order chi connectivity index (χ0) is 14.5. The topological polar surface area (TPSA) is 43.4 Å². The van der Waals surface area contributed by atoms with Crippen LogP contribution in [0.3, 0.4) is 0 Å². The third-order valence-electron chi connectivity index (χ3n) is 3.45. The van der Waals surface area contributed by atoms with Gasteiger partial charge in [0.2, 0.25) is 0 Å². The van der Waals surface area contributed by atoms with E-state index in [9.17, 15) is 9.59 Å². The number of ketones is 1. The highest BCUT2D eigenvalue weighted by atomic mass is 16.5. The minimum atomic E-state index is -0.272. The van der Waals surface area contributed by atoms with Crippen molar-refractivity contribution >= 4 is 22.5 Å². The number of benzene rings is 2. The van der Waals surface area contributed by atoms with Crippen LogP contribution in [0, 0.1) is 6.92 Å². The summed E-state index contributed by atoms with van der Waals surface area (Å²) in [6.07, 6.45) is 1.17. The Hall–Kier alpha value is -2.16. The molecule has 0 atom stereocenters. The average molecular weight is 270 g/mol. The van der Waals surface area contributed by atoms with Crippen LogP contribution >= 0.6 is 0 Å². The van der Waals surface area contributed by atoms with E-state index in [1.54, 1.807) is 0 Å². The fourth-order valence-electron chi connectivity index (χ4n) is 2.32. The van der Waals surface area contributed by atoms with Crippen LogP contribution in [0.2, 0.25) is 0 Å². The fraction of sp³-hybridized carbons (Fsp3) is 0.294. The Kier molecular flexibility index (Phi) is 4.51. The normalized spacial score (nSPS) is 10.5. The molecule has 20 heavy (non-hydrogen) atoms. The van der Waals surface area contributed by atoms with E-state index in [0.717, 1.165) is 21.9 Å². The van der Waals surface area contributed by atoms with Gasteiger partial charge >= 0.3 is 5.97 Å². The van der Waals surface area contributed by atoms with E-state index in [4.69, 9.17) is 0 Å². The number of ether oxygens (including phenoxy) is 1. The number of hydrogen-bond donors (Lipinski definition) is 0. The smallest absolute Gasteiger partial charge is 0.305 e. The lowest BCUT2D eigenvalue weighted by Crippen LogP contribution is -2.04. The highest BCUT2D eigenvalue weighted by Gasteiger charge is 2.11. The van der Waals surface area contributed by atoms with Gasteiger partial charge in [-0.1, -0.05) is 36.4 Å². The molecule has 0 aliphatic rings. The molecule has 2 aromatic rings. The molecule has 0 radical (unpaired) electrons. The molecule has 0 amide bonds. The standard InChI is InChI=1S/C17H18O3/c1-12-10-11-15(14-7-4-3-6-13(12)14)16(18)8-5-9-17(19)20-2/h3-4,6-7,10-11H,5,8-9H2,1-2H3. The van der Waals surface area contributed by atoms with Gasteiger partial charge in [-0.05, 0) is 29.7 Å². The second-order valence-corrected chi connectivity index (χ2v) is 4.83. The fourth-order valence-corrected chi connectivity index (χ4v) is 2.32. The van der Waals surface area contributed by atoms with Crippen molar-refractivity contribution in [3.63, 3.8) is 0 Å². The number of carbonyl (C=O) groups excluding carboxylic acids is 2. The summed E-state index contributed by atoms with van der Waals surface area (Å²) in [5, 5.41) is 2.09. The van der Waals surface area contributed by atoms with Crippen LogP contribution in [0.1, 0.15) is 35.2 Å². The summed E-state index contributed by atoms with van der Waals surface area (Å²) >= 11 is 0. The van der Waals surface area contributed by atoms with E-state index in [-0.39, 0.29) is 18.2 Å². The van der Waals surface area contributed by atoms with Crippen molar-refractivity contribution in [2.45, 2.75) is 26.2 Å². The van der Waals surface area contributed by atoms with E-state index in [1.165, 1.54) is 7.11 Å². The van der Waals surface area contributed by atoms with Gasteiger partial charge in [-0.15, -0.1) is 0 Å². The van der Waals surface area contributed by atoms with Gasteiger partial charge in [0.25, 0.3) is 0 Å². The third-order valence-corrected chi connectivity index (χ3v) is 3.45.